The summed E-state index contributed by atoms with van der Waals surface area (Å²) in [5, 5.41) is 9.15. The zero-order valence-electron chi connectivity index (χ0n) is 12.7. The number of methoxy groups -OCH3 is 1. The van der Waals surface area contributed by atoms with Gasteiger partial charge in [-0.2, -0.15) is 4.31 Å². The molecule has 1 heterocycles. The quantitative estimate of drug-likeness (QED) is 0.886. The van der Waals surface area contributed by atoms with Gasteiger partial charge in [-0.3, -0.25) is 4.79 Å². The maximum Gasteiger partial charge on any atom is 0.306 e. The number of hydrogen-bond donors (Lipinski definition) is 1. The van der Waals surface area contributed by atoms with Gasteiger partial charge >= 0.3 is 5.97 Å². The number of piperidine rings is 1. The second-order valence-electron chi connectivity index (χ2n) is 5.60. The molecule has 1 N–H and O–H groups in total. The van der Waals surface area contributed by atoms with Crippen LogP contribution in [0.25, 0.3) is 0 Å². The fraction of sp³-hybridized carbons (Fsp3) is 0.533. The summed E-state index contributed by atoms with van der Waals surface area (Å²) in [7, 11) is -2.15. The predicted molar refractivity (Wildman–Crippen MR) is 81.1 cm³/mol. The molecule has 0 radical (unpaired) electrons. The van der Waals surface area contributed by atoms with Crippen LogP contribution in [0.15, 0.2) is 29.2 Å². The topological polar surface area (TPSA) is 83.9 Å². The van der Waals surface area contributed by atoms with Crippen LogP contribution in [0.5, 0.6) is 0 Å². The lowest BCUT2D eigenvalue weighted by Gasteiger charge is -2.36. The molecule has 0 spiro atoms. The Morgan fingerprint density at radius 2 is 2.00 bits per heavy atom. The second-order valence-corrected chi connectivity index (χ2v) is 7.49. The Morgan fingerprint density at radius 1 is 1.36 bits per heavy atom. The van der Waals surface area contributed by atoms with Gasteiger partial charge in [-0.15, -0.1) is 0 Å². The molecular weight excluding hydrogens is 306 g/mol. The third-order valence-corrected chi connectivity index (χ3v) is 5.96. The van der Waals surface area contributed by atoms with E-state index in [1.165, 1.54) is 11.4 Å². The fourth-order valence-electron chi connectivity index (χ4n) is 2.76. The van der Waals surface area contributed by atoms with Crippen molar-refractivity contribution in [3.05, 3.63) is 29.8 Å². The molecule has 0 saturated carbocycles. The lowest BCUT2D eigenvalue weighted by molar-refractivity contribution is -0.143. The first-order valence-electron chi connectivity index (χ1n) is 7.16. The summed E-state index contributed by atoms with van der Waals surface area (Å²) in [6, 6.07) is 6.21. The molecule has 0 amide bonds. The average Bonchev–Trinajstić information content (AvgIpc) is 2.47. The number of carbonyl (C=O) groups is 1. The van der Waals surface area contributed by atoms with Crippen molar-refractivity contribution in [3.63, 3.8) is 0 Å². The highest BCUT2D eigenvalue weighted by atomic mass is 32.2. The summed E-state index contributed by atoms with van der Waals surface area (Å²) in [6.07, 6.45) is 0.592. The molecule has 0 unspecified atom stereocenters. The molecule has 2 rings (SSSR count). The predicted octanol–water partition coefficient (Wildman–Crippen LogP) is 1.50. The number of ether oxygens (including phenoxy) is 1. The summed E-state index contributed by atoms with van der Waals surface area (Å²) in [4.78, 5) is 11.4. The molecule has 1 aliphatic heterocycles. The van der Waals surface area contributed by atoms with Crippen LogP contribution >= 0.6 is 0 Å². The van der Waals surface area contributed by atoms with E-state index in [0.29, 0.717) is 6.42 Å². The number of nitrogens with zero attached hydrogens (tertiary/aromatic N) is 1. The Balaban J connectivity index is 2.28. The van der Waals surface area contributed by atoms with Crippen LogP contribution in [0.3, 0.4) is 0 Å². The maximum atomic E-state index is 12.8. The molecule has 122 valence electrons. The SMILES string of the molecule is COC[C@@H]1C[C@@H](C(=O)O)CCN1S(=O)(=O)c1ccc(C)cc1. The van der Waals surface area contributed by atoms with Gasteiger partial charge in [0.05, 0.1) is 17.4 Å². The van der Waals surface area contributed by atoms with Crippen molar-refractivity contribution in [2.75, 3.05) is 20.3 Å². The number of sulfonamides is 1. The lowest BCUT2D eigenvalue weighted by Crippen LogP contribution is -2.49. The van der Waals surface area contributed by atoms with E-state index in [-0.39, 0.29) is 24.5 Å². The Bertz CT molecular complexity index is 626. The monoisotopic (exact) mass is 327 g/mol. The van der Waals surface area contributed by atoms with Gasteiger partial charge in [0.2, 0.25) is 10.0 Å². The van der Waals surface area contributed by atoms with Crippen LogP contribution in [-0.2, 0) is 19.6 Å². The van der Waals surface area contributed by atoms with Gasteiger partial charge in [-0.1, -0.05) is 17.7 Å². The number of hydrogen-bond acceptors (Lipinski definition) is 4. The first-order valence-corrected chi connectivity index (χ1v) is 8.60. The molecule has 1 saturated heterocycles. The van der Waals surface area contributed by atoms with Crippen molar-refractivity contribution in [2.45, 2.75) is 30.7 Å². The van der Waals surface area contributed by atoms with Crippen LogP contribution in [0.2, 0.25) is 0 Å². The average molecular weight is 327 g/mol. The van der Waals surface area contributed by atoms with Gasteiger partial charge in [0.25, 0.3) is 0 Å². The van der Waals surface area contributed by atoms with Crippen LogP contribution in [-0.4, -0.2) is 50.1 Å². The Kier molecular flexibility index (Phi) is 5.20. The summed E-state index contributed by atoms with van der Waals surface area (Å²) in [5.74, 6) is -1.40. The number of benzene rings is 1. The minimum absolute atomic E-state index is 0.189. The molecule has 2 atom stereocenters. The van der Waals surface area contributed by atoms with Crippen molar-refractivity contribution in [3.8, 4) is 0 Å². The summed E-state index contributed by atoms with van der Waals surface area (Å²) >= 11 is 0. The van der Waals surface area contributed by atoms with E-state index in [2.05, 4.69) is 0 Å². The standard InChI is InChI=1S/C15H21NO5S/c1-11-3-5-14(6-4-11)22(19,20)16-8-7-12(15(17)18)9-13(16)10-21-2/h3-6,12-13H,7-10H2,1-2H3,(H,17,18)/t12-,13-/m0/s1. The van der Waals surface area contributed by atoms with Gasteiger partial charge in [-0.25, -0.2) is 8.42 Å². The highest BCUT2D eigenvalue weighted by Crippen LogP contribution is 2.29. The lowest BCUT2D eigenvalue weighted by atomic mass is 9.93. The van der Waals surface area contributed by atoms with E-state index in [9.17, 15) is 13.2 Å². The summed E-state index contributed by atoms with van der Waals surface area (Å²) in [5.41, 5.74) is 0.983. The largest absolute Gasteiger partial charge is 0.481 e. The molecule has 1 aliphatic rings. The van der Waals surface area contributed by atoms with Crippen molar-refractivity contribution >= 4 is 16.0 Å². The van der Waals surface area contributed by atoms with Crippen LogP contribution in [0.4, 0.5) is 0 Å². The zero-order valence-corrected chi connectivity index (χ0v) is 13.5. The second kappa shape index (κ2) is 6.76. The van der Waals surface area contributed by atoms with Gasteiger partial charge in [-0.05, 0) is 31.9 Å². The first kappa shape index (κ1) is 16.9. The van der Waals surface area contributed by atoms with E-state index in [4.69, 9.17) is 9.84 Å². The molecule has 1 fully saturated rings. The van der Waals surface area contributed by atoms with Crippen LogP contribution < -0.4 is 0 Å². The van der Waals surface area contributed by atoms with E-state index in [1.807, 2.05) is 6.92 Å². The minimum Gasteiger partial charge on any atom is -0.481 e. The molecule has 22 heavy (non-hydrogen) atoms. The highest BCUT2D eigenvalue weighted by molar-refractivity contribution is 7.89. The van der Waals surface area contributed by atoms with E-state index < -0.39 is 28.0 Å². The number of aryl methyl sites for hydroxylation is 1. The van der Waals surface area contributed by atoms with Gasteiger partial charge in [0.15, 0.2) is 0 Å². The van der Waals surface area contributed by atoms with Crippen molar-refractivity contribution in [2.24, 2.45) is 5.92 Å². The zero-order chi connectivity index (χ0) is 16.3. The summed E-state index contributed by atoms with van der Waals surface area (Å²) in [6.45, 7) is 2.28. The van der Waals surface area contributed by atoms with Crippen LogP contribution in [0.1, 0.15) is 18.4 Å². The molecule has 0 aromatic heterocycles. The smallest absolute Gasteiger partial charge is 0.306 e. The Labute approximate surface area is 130 Å². The third-order valence-electron chi connectivity index (χ3n) is 4.00. The molecule has 0 bridgehead atoms. The normalized spacial score (nSPS) is 23.4. The Hall–Kier alpha value is -1.44. The Morgan fingerprint density at radius 3 is 2.55 bits per heavy atom. The van der Waals surface area contributed by atoms with E-state index in [1.54, 1.807) is 24.3 Å². The van der Waals surface area contributed by atoms with Gasteiger partial charge in [0.1, 0.15) is 0 Å². The number of carboxylic acid groups (broad SMARTS) is 1. The molecule has 7 heteroatoms. The van der Waals surface area contributed by atoms with Gasteiger partial charge in [0, 0.05) is 19.7 Å². The van der Waals surface area contributed by atoms with E-state index in [0.717, 1.165) is 5.56 Å². The maximum absolute atomic E-state index is 12.8. The van der Waals surface area contributed by atoms with Crippen LogP contribution in [0, 0.1) is 12.8 Å². The number of rotatable bonds is 5. The molecule has 1 aromatic rings. The molecule has 1 aromatic carbocycles. The van der Waals surface area contributed by atoms with Crippen molar-refractivity contribution < 1.29 is 23.1 Å². The highest BCUT2D eigenvalue weighted by Gasteiger charge is 2.38. The first-order chi connectivity index (χ1) is 10.4. The molecule has 0 aliphatic carbocycles. The number of aliphatic carboxylic acids is 1. The van der Waals surface area contributed by atoms with Gasteiger partial charge < -0.3 is 9.84 Å². The third kappa shape index (κ3) is 3.48. The molecular formula is C15H21NO5S. The minimum atomic E-state index is -3.64. The number of carboxylic acids is 1. The van der Waals surface area contributed by atoms with E-state index >= 15 is 0 Å². The fourth-order valence-corrected chi connectivity index (χ4v) is 4.40. The summed E-state index contributed by atoms with van der Waals surface area (Å²) < 4.78 is 32.0. The molecule has 6 nitrogen and oxygen atoms in total. The van der Waals surface area contributed by atoms with Crippen molar-refractivity contribution in [1.82, 2.24) is 4.31 Å². The van der Waals surface area contributed by atoms with Crippen molar-refractivity contribution in [1.29, 1.82) is 0 Å².